The van der Waals surface area contributed by atoms with Crippen molar-refractivity contribution < 1.29 is 9.84 Å². The van der Waals surface area contributed by atoms with Crippen molar-refractivity contribution in [2.75, 3.05) is 37.8 Å². The number of aliphatic hydroxyl groups excluding tert-OH is 1. The summed E-state index contributed by atoms with van der Waals surface area (Å²) in [7, 11) is 0. The fourth-order valence-electron chi connectivity index (χ4n) is 3.96. The molecule has 0 amide bonds. The zero-order valence-electron chi connectivity index (χ0n) is 16.7. The third-order valence-electron chi connectivity index (χ3n) is 5.54. The fraction of sp³-hybridized carbons (Fsp3) is 0.318. The first-order valence-corrected chi connectivity index (χ1v) is 10.8. The van der Waals surface area contributed by atoms with Crippen LogP contribution < -0.4 is 9.62 Å². The molecule has 0 atom stereocenters. The molecule has 0 aliphatic carbocycles. The molecule has 154 valence electrons. The lowest BCUT2D eigenvalue weighted by molar-refractivity contribution is -0.0507. The Morgan fingerprint density at radius 1 is 1.17 bits per heavy atom. The highest BCUT2D eigenvalue weighted by molar-refractivity contribution is 7.97. The molecule has 1 saturated heterocycles. The van der Waals surface area contributed by atoms with Gasteiger partial charge in [-0.1, -0.05) is 6.07 Å². The first-order chi connectivity index (χ1) is 14.7. The van der Waals surface area contributed by atoms with Crippen LogP contribution in [0.25, 0.3) is 11.3 Å². The van der Waals surface area contributed by atoms with Crippen molar-refractivity contribution in [3.8, 4) is 11.3 Å². The van der Waals surface area contributed by atoms with Crippen LogP contribution in [0.4, 0.5) is 11.6 Å². The fourth-order valence-corrected chi connectivity index (χ4v) is 4.63. The summed E-state index contributed by atoms with van der Waals surface area (Å²) in [5.74, 6) is 0.682. The Morgan fingerprint density at radius 2 is 2.00 bits per heavy atom. The van der Waals surface area contributed by atoms with Crippen LogP contribution in [0.15, 0.2) is 53.8 Å². The van der Waals surface area contributed by atoms with E-state index in [-0.39, 0.29) is 12.0 Å². The largest absolute Gasteiger partial charge is 0.395 e. The summed E-state index contributed by atoms with van der Waals surface area (Å²) < 4.78 is 8.74. The minimum atomic E-state index is 0.0111. The van der Waals surface area contributed by atoms with Gasteiger partial charge in [-0.15, -0.1) is 0 Å². The lowest BCUT2D eigenvalue weighted by Gasteiger charge is -2.38. The zero-order chi connectivity index (χ0) is 20.6. The van der Waals surface area contributed by atoms with Crippen molar-refractivity contribution in [1.29, 1.82) is 0 Å². The Morgan fingerprint density at radius 3 is 2.70 bits per heavy atom. The molecule has 2 N–H and O–H groups in total. The summed E-state index contributed by atoms with van der Waals surface area (Å²) in [6.45, 7) is 4.95. The minimum Gasteiger partial charge on any atom is -0.395 e. The van der Waals surface area contributed by atoms with E-state index < -0.39 is 0 Å². The molecule has 2 aliphatic rings. The van der Waals surface area contributed by atoms with Gasteiger partial charge in [0.1, 0.15) is 0 Å². The normalized spacial score (nSPS) is 16.5. The molecule has 1 spiro atoms. The van der Waals surface area contributed by atoms with E-state index in [1.165, 1.54) is 17.5 Å². The first-order valence-electron chi connectivity index (χ1n) is 9.94. The number of benzene rings is 1. The van der Waals surface area contributed by atoms with Crippen LogP contribution in [-0.4, -0.2) is 53.0 Å². The van der Waals surface area contributed by atoms with Gasteiger partial charge in [0, 0.05) is 47.8 Å². The monoisotopic (exact) mass is 421 g/mol. The Balaban J connectivity index is 1.45. The Labute approximate surface area is 179 Å². The summed E-state index contributed by atoms with van der Waals surface area (Å²) >= 11 is 1.52. The van der Waals surface area contributed by atoms with E-state index in [2.05, 4.69) is 42.8 Å². The third kappa shape index (κ3) is 3.45. The zero-order valence-corrected chi connectivity index (χ0v) is 17.5. The number of aromatic nitrogens is 3. The van der Waals surface area contributed by atoms with E-state index in [1.807, 2.05) is 31.5 Å². The summed E-state index contributed by atoms with van der Waals surface area (Å²) in [4.78, 5) is 17.0. The predicted octanol–water partition coefficient (Wildman–Crippen LogP) is 2.86. The maximum atomic E-state index is 9.00. The first kappa shape index (κ1) is 19.4. The minimum absolute atomic E-state index is 0.0111. The van der Waals surface area contributed by atoms with Gasteiger partial charge in [-0.25, -0.2) is 9.97 Å². The molecule has 4 heterocycles. The molecular formula is C22H23N5O2S. The molecule has 0 bridgehead atoms. The van der Waals surface area contributed by atoms with Crippen LogP contribution >= 0.6 is 11.9 Å². The highest BCUT2D eigenvalue weighted by Crippen LogP contribution is 2.48. The smallest absolute Gasteiger partial charge is 0.229 e. The van der Waals surface area contributed by atoms with Crippen molar-refractivity contribution >= 4 is 23.6 Å². The van der Waals surface area contributed by atoms with Crippen molar-refractivity contribution in [2.24, 2.45) is 0 Å². The average molecular weight is 422 g/mol. The molecule has 7 nitrogen and oxygen atoms in total. The highest BCUT2D eigenvalue weighted by atomic mass is 32.2. The number of nitrogens with zero attached hydrogens (tertiary/aromatic N) is 4. The van der Waals surface area contributed by atoms with Crippen LogP contribution in [0.3, 0.4) is 0 Å². The maximum Gasteiger partial charge on any atom is 0.229 e. The molecule has 0 unspecified atom stereocenters. The number of pyridine rings is 1. The quantitative estimate of drug-likeness (QED) is 0.464. The standard InChI is InChI=1S/C22H23N5O2S/c1-15-4-5-23-19(8-15)16-10-24-21(25-11-16)27-12-22(13-29-14-22)18-3-2-17(9-20(18)27)30-26-6-7-28/h2-5,8-11,26,28H,6-7,12-14H2,1H3. The van der Waals surface area contributed by atoms with Gasteiger partial charge in [0.2, 0.25) is 5.95 Å². The second kappa shape index (κ2) is 7.96. The van der Waals surface area contributed by atoms with E-state index in [9.17, 15) is 0 Å². The van der Waals surface area contributed by atoms with Gasteiger partial charge in [0.25, 0.3) is 0 Å². The average Bonchev–Trinajstić information content (AvgIpc) is 3.09. The second-order valence-electron chi connectivity index (χ2n) is 7.75. The number of rotatable bonds is 6. The number of aliphatic hydroxyl groups is 1. The van der Waals surface area contributed by atoms with Gasteiger partial charge < -0.3 is 14.7 Å². The summed E-state index contributed by atoms with van der Waals surface area (Å²) in [5.41, 5.74) is 5.35. The highest BCUT2D eigenvalue weighted by Gasteiger charge is 2.49. The number of hydrogen-bond acceptors (Lipinski definition) is 8. The Kier molecular flexibility index (Phi) is 5.16. The molecule has 2 aliphatic heterocycles. The number of fused-ring (bicyclic) bond motifs is 2. The molecule has 5 rings (SSSR count). The molecule has 3 aromatic rings. The van der Waals surface area contributed by atoms with E-state index in [0.29, 0.717) is 12.5 Å². The van der Waals surface area contributed by atoms with Crippen LogP contribution in [0.1, 0.15) is 11.1 Å². The number of anilines is 2. The van der Waals surface area contributed by atoms with Gasteiger partial charge in [0.05, 0.1) is 30.9 Å². The molecule has 1 aromatic carbocycles. The van der Waals surface area contributed by atoms with Crippen molar-refractivity contribution in [3.05, 3.63) is 60.0 Å². The van der Waals surface area contributed by atoms with Gasteiger partial charge in [-0.3, -0.25) is 9.71 Å². The molecule has 0 radical (unpaired) electrons. The number of ether oxygens (including phenoxy) is 1. The third-order valence-corrected chi connectivity index (χ3v) is 6.38. The van der Waals surface area contributed by atoms with Crippen molar-refractivity contribution in [2.45, 2.75) is 17.2 Å². The molecule has 8 heteroatoms. The van der Waals surface area contributed by atoms with Gasteiger partial charge >= 0.3 is 0 Å². The molecule has 30 heavy (non-hydrogen) atoms. The summed E-state index contributed by atoms with van der Waals surface area (Å²) in [6, 6.07) is 10.5. The van der Waals surface area contributed by atoms with Gasteiger partial charge in [-0.05, 0) is 54.3 Å². The SMILES string of the molecule is Cc1ccnc(-c2cnc(N3CC4(COC4)c4ccc(SNCCO)cc43)nc2)c1. The van der Waals surface area contributed by atoms with Crippen LogP contribution in [-0.2, 0) is 10.2 Å². The van der Waals surface area contributed by atoms with Crippen molar-refractivity contribution in [3.63, 3.8) is 0 Å². The van der Waals surface area contributed by atoms with E-state index >= 15 is 0 Å². The van der Waals surface area contributed by atoms with E-state index in [4.69, 9.17) is 9.84 Å². The van der Waals surface area contributed by atoms with Crippen LogP contribution in [0.2, 0.25) is 0 Å². The Hall–Kier alpha value is -2.52. The summed E-state index contributed by atoms with van der Waals surface area (Å²) in [5, 5.41) is 9.00. The van der Waals surface area contributed by atoms with E-state index in [1.54, 1.807) is 6.20 Å². The maximum absolute atomic E-state index is 9.00. The van der Waals surface area contributed by atoms with E-state index in [0.717, 1.165) is 47.2 Å². The van der Waals surface area contributed by atoms with Crippen molar-refractivity contribution in [1.82, 2.24) is 19.7 Å². The molecule has 0 saturated carbocycles. The van der Waals surface area contributed by atoms with Gasteiger partial charge in [-0.2, -0.15) is 0 Å². The van der Waals surface area contributed by atoms with Gasteiger partial charge in [0.15, 0.2) is 0 Å². The van der Waals surface area contributed by atoms with Crippen LogP contribution in [0.5, 0.6) is 0 Å². The second-order valence-corrected chi connectivity index (χ2v) is 8.71. The lowest BCUT2D eigenvalue weighted by atomic mass is 9.81. The Bertz CT molecular complexity index is 1060. The predicted molar refractivity (Wildman–Crippen MR) is 117 cm³/mol. The molecule has 2 aromatic heterocycles. The number of hydrogen-bond donors (Lipinski definition) is 2. The molecular weight excluding hydrogens is 398 g/mol. The number of nitrogens with one attached hydrogen (secondary N) is 1. The molecule has 1 fully saturated rings. The topological polar surface area (TPSA) is 83.4 Å². The van der Waals surface area contributed by atoms with Crippen LogP contribution in [0, 0.1) is 6.92 Å². The lowest BCUT2D eigenvalue weighted by Crippen LogP contribution is -2.49. The summed E-state index contributed by atoms with van der Waals surface area (Å²) in [6.07, 6.45) is 5.49. The number of aryl methyl sites for hydroxylation is 1.